The Balaban J connectivity index is 2.11. The van der Waals surface area contributed by atoms with E-state index >= 15 is 0 Å². The number of ether oxygens (including phenoxy) is 1. The van der Waals surface area contributed by atoms with Gasteiger partial charge in [0.1, 0.15) is 6.04 Å². The van der Waals surface area contributed by atoms with Crippen molar-refractivity contribution in [1.82, 2.24) is 5.32 Å². The van der Waals surface area contributed by atoms with Crippen LogP contribution >= 0.6 is 0 Å². The summed E-state index contributed by atoms with van der Waals surface area (Å²) in [6, 6.07) is 11.9. The molecule has 2 amide bonds. The van der Waals surface area contributed by atoms with Gasteiger partial charge in [-0.15, -0.1) is 0 Å². The zero-order valence-corrected chi connectivity index (χ0v) is 14.5. The first kappa shape index (κ1) is 20.4. The van der Waals surface area contributed by atoms with Gasteiger partial charge in [-0.2, -0.15) is 13.2 Å². The molecule has 0 aliphatic rings. The highest BCUT2D eigenvalue weighted by Gasteiger charge is 2.30. The molecule has 0 aliphatic carbocycles. The molecule has 0 spiro atoms. The van der Waals surface area contributed by atoms with Crippen LogP contribution in [0.1, 0.15) is 22.8 Å². The van der Waals surface area contributed by atoms with Gasteiger partial charge in [-0.05, 0) is 23.3 Å². The number of nitrogens with one attached hydrogen (secondary N) is 1. The number of rotatable bonds is 7. The van der Waals surface area contributed by atoms with Crippen LogP contribution in [0.5, 0.6) is 0 Å². The molecule has 5 nitrogen and oxygen atoms in total. The van der Waals surface area contributed by atoms with Gasteiger partial charge in [-0.25, -0.2) is 0 Å². The first-order valence-corrected chi connectivity index (χ1v) is 8.06. The van der Waals surface area contributed by atoms with E-state index < -0.39 is 35.7 Å². The fourth-order valence-electron chi connectivity index (χ4n) is 2.56. The van der Waals surface area contributed by atoms with Crippen LogP contribution in [0.4, 0.5) is 13.2 Å². The lowest BCUT2D eigenvalue weighted by atomic mass is 10.0. The van der Waals surface area contributed by atoms with Crippen molar-refractivity contribution in [3.05, 3.63) is 71.3 Å². The molecule has 0 unspecified atom stereocenters. The average molecular weight is 380 g/mol. The molecule has 27 heavy (non-hydrogen) atoms. The third-order valence-electron chi connectivity index (χ3n) is 3.96. The van der Waals surface area contributed by atoms with Crippen LogP contribution in [-0.4, -0.2) is 25.0 Å². The Bertz CT molecular complexity index is 777. The predicted molar refractivity (Wildman–Crippen MR) is 92.5 cm³/mol. The number of halogens is 3. The van der Waals surface area contributed by atoms with Gasteiger partial charge in [0.05, 0.1) is 5.56 Å². The van der Waals surface area contributed by atoms with Gasteiger partial charge in [0, 0.05) is 13.5 Å². The van der Waals surface area contributed by atoms with E-state index in [2.05, 4.69) is 5.32 Å². The van der Waals surface area contributed by atoms with E-state index in [-0.39, 0.29) is 6.42 Å². The van der Waals surface area contributed by atoms with Crippen molar-refractivity contribution >= 4 is 11.8 Å². The minimum atomic E-state index is -4.45. The second-order valence-electron chi connectivity index (χ2n) is 5.89. The van der Waals surface area contributed by atoms with Gasteiger partial charge in [-0.1, -0.05) is 42.5 Å². The maximum Gasteiger partial charge on any atom is 0.416 e. The number of carbonyl (C=O) groups is 2. The molecule has 0 radical (unpaired) electrons. The third-order valence-corrected chi connectivity index (χ3v) is 3.96. The van der Waals surface area contributed by atoms with Crippen molar-refractivity contribution in [2.45, 2.75) is 24.7 Å². The summed E-state index contributed by atoms with van der Waals surface area (Å²) >= 11 is 0. The van der Waals surface area contributed by atoms with Crippen LogP contribution in [-0.2, 0) is 26.9 Å². The maximum absolute atomic E-state index is 12.6. The number of hydrogen-bond acceptors (Lipinski definition) is 3. The molecule has 0 heterocycles. The van der Waals surface area contributed by atoms with E-state index in [9.17, 15) is 22.8 Å². The van der Waals surface area contributed by atoms with Crippen LogP contribution in [0.15, 0.2) is 54.6 Å². The number of nitrogens with two attached hydrogens (primary N) is 1. The van der Waals surface area contributed by atoms with Crippen LogP contribution in [0.2, 0.25) is 0 Å². The largest absolute Gasteiger partial charge is 0.416 e. The SMILES string of the molecule is CO[C@@H](C(=O)N[C@@H](Cc1ccc(C(F)(F)F)cc1)C(N)=O)c1ccccc1. The number of alkyl halides is 3. The Labute approximate surface area is 154 Å². The summed E-state index contributed by atoms with van der Waals surface area (Å²) in [6.07, 6.45) is -5.43. The molecule has 8 heteroatoms. The highest BCUT2D eigenvalue weighted by atomic mass is 19.4. The molecule has 2 atom stereocenters. The Kier molecular flexibility index (Phi) is 6.57. The average Bonchev–Trinajstić information content (AvgIpc) is 2.62. The standard InChI is InChI=1S/C19H19F3N2O3/c1-27-16(13-5-3-2-4-6-13)18(26)24-15(17(23)25)11-12-7-9-14(10-8-12)19(20,21)22/h2-10,15-16H,11H2,1H3,(H2,23,25)(H,24,26)/t15-,16+/m0/s1. The summed E-state index contributed by atoms with van der Waals surface area (Å²) in [7, 11) is 1.35. The molecule has 144 valence electrons. The van der Waals surface area contributed by atoms with E-state index in [1.165, 1.54) is 19.2 Å². The van der Waals surface area contributed by atoms with Gasteiger partial charge < -0.3 is 15.8 Å². The molecule has 2 aromatic rings. The molecule has 0 bridgehead atoms. The molecular weight excluding hydrogens is 361 g/mol. The minimum absolute atomic E-state index is 0.0373. The highest BCUT2D eigenvalue weighted by molar-refractivity contribution is 5.89. The number of hydrogen-bond donors (Lipinski definition) is 2. The van der Waals surface area contributed by atoms with E-state index in [1.54, 1.807) is 30.3 Å². The summed E-state index contributed by atoms with van der Waals surface area (Å²) in [6.45, 7) is 0. The fourth-order valence-corrected chi connectivity index (χ4v) is 2.56. The minimum Gasteiger partial charge on any atom is -0.368 e. The van der Waals surface area contributed by atoms with Crippen LogP contribution in [0.25, 0.3) is 0 Å². The number of methoxy groups -OCH3 is 1. The molecule has 0 fully saturated rings. The zero-order valence-electron chi connectivity index (χ0n) is 14.5. The van der Waals surface area contributed by atoms with Crippen LogP contribution in [0, 0.1) is 0 Å². The topological polar surface area (TPSA) is 81.4 Å². The van der Waals surface area contributed by atoms with Gasteiger partial charge >= 0.3 is 6.18 Å². The van der Waals surface area contributed by atoms with Gasteiger partial charge in [-0.3, -0.25) is 9.59 Å². The van der Waals surface area contributed by atoms with E-state index in [4.69, 9.17) is 10.5 Å². The fraction of sp³-hybridized carbons (Fsp3) is 0.263. The molecule has 3 N–H and O–H groups in total. The second-order valence-corrected chi connectivity index (χ2v) is 5.89. The molecular formula is C19H19F3N2O3. The zero-order chi connectivity index (χ0) is 20.0. The van der Waals surface area contributed by atoms with Crippen LogP contribution in [0.3, 0.4) is 0 Å². The van der Waals surface area contributed by atoms with E-state index in [1.807, 2.05) is 0 Å². The second kappa shape index (κ2) is 8.68. The lowest BCUT2D eigenvalue weighted by Crippen LogP contribution is -2.47. The predicted octanol–water partition coefficient (Wildman–Crippen LogP) is 2.61. The normalized spacial score (nSPS) is 13.6. The molecule has 2 rings (SSSR count). The first-order chi connectivity index (χ1) is 12.7. The lowest BCUT2D eigenvalue weighted by Gasteiger charge is -2.20. The summed E-state index contributed by atoms with van der Waals surface area (Å²) in [4.78, 5) is 24.2. The van der Waals surface area contributed by atoms with E-state index in [0.29, 0.717) is 11.1 Å². The van der Waals surface area contributed by atoms with Crippen molar-refractivity contribution < 1.29 is 27.5 Å². The molecule has 0 saturated heterocycles. The van der Waals surface area contributed by atoms with Crippen molar-refractivity contribution in [1.29, 1.82) is 0 Å². The van der Waals surface area contributed by atoms with Crippen molar-refractivity contribution in [3.63, 3.8) is 0 Å². The Morgan fingerprint density at radius 3 is 2.15 bits per heavy atom. The molecule has 0 aliphatic heterocycles. The molecule has 2 aromatic carbocycles. The summed E-state index contributed by atoms with van der Waals surface area (Å²) < 4.78 is 43.1. The monoisotopic (exact) mass is 380 g/mol. The Morgan fingerprint density at radius 1 is 1.07 bits per heavy atom. The van der Waals surface area contributed by atoms with Crippen molar-refractivity contribution in [2.24, 2.45) is 5.73 Å². The van der Waals surface area contributed by atoms with Crippen LogP contribution < -0.4 is 11.1 Å². The molecule has 0 aromatic heterocycles. The molecule has 0 saturated carbocycles. The summed E-state index contributed by atoms with van der Waals surface area (Å²) in [5.41, 5.74) is 5.57. The maximum atomic E-state index is 12.6. The van der Waals surface area contributed by atoms with Gasteiger partial charge in [0.15, 0.2) is 6.10 Å². The van der Waals surface area contributed by atoms with Crippen molar-refractivity contribution in [3.8, 4) is 0 Å². The number of amides is 2. The number of primary amides is 1. The van der Waals surface area contributed by atoms with Gasteiger partial charge in [0.25, 0.3) is 5.91 Å². The number of carbonyl (C=O) groups excluding carboxylic acids is 2. The Hall–Kier alpha value is -2.87. The quantitative estimate of drug-likeness (QED) is 0.775. The summed E-state index contributed by atoms with van der Waals surface area (Å²) in [5, 5.41) is 2.50. The lowest BCUT2D eigenvalue weighted by molar-refractivity contribution is -0.137. The number of benzene rings is 2. The Morgan fingerprint density at radius 2 is 1.67 bits per heavy atom. The third kappa shape index (κ3) is 5.55. The highest BCUT2D eigenvalue weighted by Crippen LogP contribution is 2.29. The smallest absolute Gasteiger partial charge is 0.368 e. The summed E-state index contributed by atoms with van der Waals surface area (Å²) in [5.74, 6) is -1.37. The van der Waals surface area contributed by atoms with E-state index in [0.717, 1.165) is 12.1 Å². The van der Waals surface area contributed by atoms with Crippen molar-refractivity contribution in [2.75, 3.05) is 7.11 Å². The first-order valence-electron chi connectivity index (χ1n) is 8.06. The van der Waals surface area contributed by atoms with Gasteiger partial charge in [0.2, 0.25) is 5.91 Å².